The molecule has 1 aliphatic heterocycles. The molecule has 1 saturated heterocycles. The molecule has 0 amide bonds. The predicted molar refractivity (Wildman–Crippen MR) is 84.9 cm³/mol. The number of benzene rings is 1. The maximum atomic E-state index is 5.78. The van der Waals surface area contributed by atoms with Crippen LogP contribution < -0.4 is 0 Å². The van der Waals surface area contributed by atoms with Crippen LogP contribution in [0.1, 0.15) is 25.0 Å². The molecule has 2 aliphatic rings. The van der Waals surface area contributed by atoms with E-state index in [1.54, 1.807) is 0 Å². The number of halogens is 1. The summed E-state index contributed by atoms with van der Waals surface area (Å²) in [6.07, 6.45) is 4.90. The molecule has 1 aromatic carbocycles. The highest BCUT2D eigenvalue weighted by Gasteiger charge is 2.38. The summed E-state index contributed by atoms with van der Waals surface area (Å²) in [5.74, 6) is -0.366. The molecular formula is C16H17BrN2O2. The fourth-order valence-corrected chi connectivity index (χ4v) is 3.62. The number of aryl methyl sites for hydroxylation is 1. The van der Waals surface area contributed by atoms with E-state index in [-0.39, 0.29) is 5.79 Å². The van der Waals surface area contributed by atoms with Gasteiger partial charge in [0.25, 0.3) is 0 Å². The summed E-state index contributed by atoms with van der Waals surface area (Å²) >= 11 is 3.55. The monoisotopic (exact) mass is 348 g/mol. The van der Waals surface area contributed by atoms with E-state index in [0.717, 1.165) is 34.9 Å². The van der Waals surface area contributed by atoms with Gasteiger partial charge in [0.2, 0.25) is 0 Å². The second-order valence-corrected chi connectivity index (χ2v) is 6.59. The Labute approximate surface area is 131 Å². The van der Waals surface area contributed by atoms with Gasteiger partial charge in [0, 0.05) is 29.7 Å². The van der Waals surface area contributed by atoms with Gasteiger partial charge < -0.3 is 9.47 Å². The summed E-state index contributed by atoms with van der Waals surface area (Å²) in [6.45, 7) is 1.42. The zero-order valence-corrected chi connectivity index (χ0v) is 13.5. The Morgan fingerprint density at radius 2 is 2.10 bits per heavy atom. The van der Waals surface area contributed by atoms with Gasteiger partial charge in [-0.2, -0.15) is 5.10 Å². The second-order valence-electron chi connectivity index (χ2n) is 5.67. The van der Waals surface area contributed by atoms with Gasteiger partial charge in [0.05, 0.1) is 24.4 Å². The van der Waals surface area contributed by atoms with Crippen LogP contribution in [0.2, 0.25) is 0 Å². The van der Waals surface area contributed by atoms with Crippen molar-refractivity contribution in [2.24, 2.45) is 7.05 Å². The van der Waals surface area contributed by atoms with Gasteiger partial charge in [-0.25, -0.2) is 0 Å². The minimum absolute atomic E-state index is 0.366. The lowest BCUT2D eigenvalue weighted by molar-refractivity contribution is -0.159. The molecule has 1 spiro atoms. The lowest BCUT2D eigenvalue weighted by Gasteiger charge is -2.30. The van der Waals surface area contributed by atoms with Crippen LogP contribution in [-0.2, 0) is 16.5 Å². The van der Waals surface area contributed by atoms with E-state index in [1.807, 2.05) is 11.7 Å². The maximum absolute atomic E-state index is 5.78. The highest BCUT2D eigenvalue weighted by Crippen LogP contribution is 2.39. The SMILES string of the molecule is Cn1nc(C2=CCC3(CC2)OCCO3)c2cc(Br)ccc21. The first kappa shape index (κ1) is 13.5. The van der Waals surface area contributed by atoms with Crippen LogP contribution >= 0.6 is 15.9 Å². The van der Waals surface area contributed by atoms with Crippen LogP contribution in [0.4, 0.5) is 0 Å². The van der Waals surface area contributed by atoms with Gasteiger partial charge >= 0.3 is 0 Å². The van der Waals surface area contributed by atoms with Crippen molar-refractivity contribution in [2.75, 3.05) is 13.2 Å². The van der Waals surface area contributed by atoms with E-state index in [2.05, 4.69) is 40.2 Å². The van der Waals surface area contributed by atoms with Crippen molar-refractivity contribution in [3.63, 3.8) is 0 Å². The van der Waals surface area contributed by atoms with E-state index >= 15 is 0 Å². The quantitative estimate of drug-likeness (QED) is 0.789. The summed E-state index contributed by atoms with van der Waals surface area (Å²) in [4.78, 5) is 0. The van der Waals surface area contributed by atoms with Crippen LogP contribution in [-0.4, -0.2) is 28.8 Å². The molecular weight excluding hydrogens is 332 g/mol. The Morgan fingerprint density at radius 1 is 1.29 bits per heavy atom. The molecule has 1 aliphatic carbocycles. The highest BCUT2D eigenvalue weighted by molar-refractivity contribution is 9.10. The molecule has 4 rings (SSSR count). The Balaban J connectivity index is 1.74. The molecule has 0 atom stereocenters. The van der Waals surface area contributed by atoms with Gasteiger partial charge in [-0.3, -0.25) is 4.68 Å². The van der Waals surface area contributed by atoms with E-state index in [9.17, 15) is 0 Å². The molecule has 110 valence electrons. The predicted octanol–water partition coefficient (Wildman–Crippen LogP) is 3.65. The third-order valence-electron chi connectivity index (χ3n) is 4.36. The van der Waals surface area contributed by atoms with E-state index < -0.39 is 0 Å². The number of rotatable bonds is 1. The van der Waals surface area contributed by atoms with Crippen molar-refractivity contribution in [1.82, 2.24) is 9.78 Å². The average Bonchev–Trinajstić information content (AvgIpc) is 3.06. The lowest BCUT2D eigenvalue weighted by atomic mass is 9.91. The van der Waals surface area contributed by atoms with Crippen molar-refractivity contribution in [3.8, 4) is 0 Å². The first-order valence-electron chi connectivity index (χ1n) is 7.26. The first-order chi connectivity index (χ1) is 10.2. The number of fused-ring (bicyclic) bond motifs is 1. The molecule has 2 aromatic rings. The zero-order valence-electron chi connectivity index (χ0n) is 11.9. The molecule has 2 heterocycles. The molecule has 0 radical (unpaired) electrons. The Kier molecular flexibility index (Phi) is 3.17. The fraction of sp³-hybridized carbons (Fsp3) is 0.438. The van der Waals surface area contributed by atoms with E-state index in [4.69, 9.17) is 14.6 Å². The van der Waals surface area contributed by atoms with Gasteiger partial charge in [0.1, 0.15) is 0 Å². The van der Waals surface area contributed by atoms with Crippen LogP contribution in [0.15, 0.2) is 28.7 Å². The highest BCUT2D eigenvalue weighted by atomic mass is 79.9. The van der Waals surface area contributed by atoms with Gasteiger partial charge in [0.15, 0.2) is 5.79 Å². The van der Waals surface area contributed by atoms with Crippen LogP contribution in [0.25, 0.3) is 16.5 Å². The molecule has 0 bridgehead atoms. The molecule has 0 saturated carbocycles. The number of aromatic nitrogens is 2. The van der Waals surface area contributed by atoms with Gasteiger partial charge in [-0.1, -0.05) is 22.0 Å². The average molecular weight is 349 g/mol. The number of hydrogen-bond acceptors (Lipinski definition) is 3. The smallest absolute Gasteiger partial charge is 0.172 e. The minimum atomic E-state index is -0.366. The normalized spacial score (nSPS) is 21.1. The molecule has 5 heteroatoms. The molecule has 1 fully saturated rings. The Morgan fingerprint density at radius 3 is 2.81 bits per heavy atom. The number of ether oxygens (including phenoxy) is 2. The largest absolute Gasteiger partial charge is 0.347 e. The Bertz CT molecular complexity index is 729. The van der Waals surface area contributed by atoms with Crippen molar-refractivity contribution in [2.45, 2.75) is 25.0 Å². The number of nitrogens with zero attached hydrogens (tertiary/aromatic N) is 2. The van der Waals surface area contributed by atoms with E-state index in [0.29, 0.717) is 13.2 Å². The fourth-order valence-electron chi connectivity index (χ4n) is 3.26. The van der Waals surface area contributed by atoms with Crippen molar-refractivity contribution in [3.05, 3.63) is 34.4 Å². The van der Waals surface area contributed by atoms with Crippen molar-refractivity contribution in [1.29, 1.82) is 0 Å². The molecule has 0 N–H and O–H groups in total. The summed E-state index contributed by atoms with van der Waals surface area (Å²) < 4.78 is 14.6. The zero-order chi connectivity index (χ0) is 14.4. The van der Waals surface area contributed by atoms with Crippen LogP contribution in [0, 0.1) is 0 Å². The summed E-state index contributed by atoms with van der Waals surface area (Å²) in [7, 11) is 1.99. The third-order valence-corrected chi connectivity index (χ3v) is 4.86. The molecule has 4 nitrogen and oxygen atoms in total. The summed E-state index contributed by atoms with van der Waals surface area (Å²) in [5.41, 5.74) is 3.54. The molecule has 0 unspecified atom stereocenters. The van der Waals surface area contributed by atoms with Gasteiger partial charge in [-0.15, -0.1) is 0 Å². The lowest BCUT2D eigenvalue weighted by Crippen LogP contribution is -2.31. The molecule has 21 heavy (non-hydrogen) atoms. The van der Waals surface area contributed by atoms with Crippen molar-refractivity contribution < 1.29 is 9.47 Å². The summed E-state index contributed by atoms with van der Waals surface area (Å²) in [5, 5.41) is 5.91. The molecule has 1 aromatic heterocycles. The van der Waals surface area contributed by atoms with Crippen molar-refractivity contribution >= 4 is 32.4 Å². The number of allylic oxidation sites excluding steroid dienone is 1. The minimum Gasteiger partial charge on any atom is -0.347 e. The first-order valence-corrected chi connectivity index (χ1v) is 8.06. The van der Waals surface area contributed by atoms with Crippen LogP contribution in [0.3, 0.4) is 0 Å². The topological polar surface area (TPSA) is 36.3 Å². The summed E-state index contributed by atoms with van der Waals surface area (Å²) in [6, 6.07) is 6.30. The van der Waals surface area contributed by atoms with Crippen LogP contribution in [0.5, 0.6) is 0 Å². The maximum Gasteiger partial charge on any atom is 0.172 e. The second kappa shape index (κ2) is 4.93. The van der Waals surface area contributed by atoms with Gasteiger partial charge in [-0.05, 0) is 30.2 Å². The van der Waals surface area contributed by atoms with E-state index in [1.165, 1.54) is 11.0 Å². The third kappa shape index (κ3) is 2.24. The Hall–Kier alpha value is -1.17. The standard InChI is InChI=1S/C16H17BrN2O2/c1-19-14-3-2-12(17)10-13(14)15(18-19)11-4-6-16(7-5-11)20-8-9-21-16/h2-4,10H,5-9H2,1H3. The number of hydrogen-bond donors (Lipinski definition) is 0.